The number of aryl methyl sites for hydroxylation is 1. The molecule has 1 amide bonds. The van der Waals surface area contributed by atoms with E-state index in [9.17, 15) is 4.79 Å². The highest BCUT2D eigenvalue weighted by Gasteiger charge is 2.39. The molecule has 1 heterocycles. The molecule has 0 aliphatic rings. The first-order valence-corrected chi connectivity index (χ1v) is 11.6. The van der Waals surface area contributed by atoms with Crippen molar-refractivity contribution in [1.29, 1.82) is 0 Å². The monoisotopic (exact) mass is 438 g/mol. The second kappa shape index (κ2) is 10.3. The van der Waals surface area contributed by atoms with Crippen LogP contribution in [0.4, 0.5) is 0 Å². The lowest BCUT2D eigenvalue weighted by Gasteiger charge is -2.32. The molecule has 0 unspecified atom stereocenters. The Bertz CT molecular complexity index is 1130. The maximum absolute atomic E-state index is 12.9. The summed E-state index contributed by atoms with van der Waals surface area (Å²) in [4.78, 5) is 12.9. The van der Waals surface area contributed by atoms with E-state index in [1.165, 1.54) is 11.4 Å². The number of rotatable bonds is 10. The number of imidazole rings is 1. The van der Waals surface area contributed by atoms with Crippen LogP contribution in [0.3, 0.4) is 0 Å². The van der Waals surface area contributed by atoms with Crippen LogP contribution in [-0.4, -0.2) is 10.5 Å². The molecular weight excluding hydrogens is 406 g/mol. The van der Waals surface area contributed by atoms with E-state index in [1.807, 2.05) is 66.7 Å². The van der Waals surface area contributed by atoms with Crippen LogP contribution in [0.2, 0.25) is 0 Å². The van der Waals surface area contributed by atoms with Crippen molar-refractivity contribution in [3.8, 4) is 0 Å². The third-order valence-electron chi connectivity index (χ3n) is 6.61. The maximum atomic E-state index is 12.9. The van der Waals surface area contributed by atoms with Gasteiger partial charge in [-0.25, -0.2) is 9.13 Å². The standard InChI is InChI=1S/C29H31N3O/c1-24-31(21-22-32(24)23-25-13-5-2-6-14-25)20-12-11-19-29(28(30)33,26-15-7-3-8-16-26)27-17-9-4-10-18-27/h2-10,13-18,21-22H,11-12,19-20,23H2,1H3,(H-,30,33)/p+1. The fourth-order valence-corrected chi connectivity index (χ4v) is 4.71. The van der Waals surface area contributed by atoms with Gasteiger partial charge in [0.05, 0.1) is 12.0 Å². The van der Waals surface area contributed by atoms with Gasteiger partial charge in [-0.1, -0.05) is 91.0 Å². The largest absolute Gasteiger partial charge is 0.369 e. The van der Waals surface area contributed by atoms with Crippen LogP contribution >= 0.6 is 0 Å². The molecule has 0 aliphatic carbocycles. The van der Waals surface area contributed by atoms with Crippen molar-refractivity contribution in [3.63, 3.8) is 0 Å². The lowest BCUT2D eigenvalue weighted by Crippen LogP contribution is -2.42. The fraction of sp³-hybridized carbons (Fsp3) is 0.241. The number of nitrogens with two attached hydrogens (primary N) is 1. The lowest BCUT2D eigenvalue weighted by atomic mass is 9.70. The Morgan fingerprint density at radius 3 is 1.94 bits per heavy atom. The topological polar surface area (TPSA) is 51.9 Å². The second-order valence-corrected chi connectivity index (χ2v) is 8.61. The van der Waals surface area contributed by atoms with Gasteiger partial charge < -0.3 is 5.73 Å². The zero-order valence-electron chi connectivity index (χ0n) is 19.2. The van der Waals surface area contributed by atoms with Gasteiger partial charge in [0.15, 0.2) is 0 Å². The van der Waals surface area contributed by atoms with E-state index in [1.54, 1.807) is 0 Å². The first-order chi connectivity index (χ1) is 16.1. The van der Waals surface area contributed by atoms with E-state index in [-0.39, 0.29) is 5.91 Å². The van der Waals surface area contributed by atoms with Crippen molar-refractivity contribution in [2.24, 2.45) is 5.73 Å². The van der Waals surface area contributed by atoms with Crippen molar-refractivity contribution >= 4 is 5.91 Å². The summed E-state index contributed by atoms with van der Waals surface area (Å²) in [6, 6.07) is 30.4. The smallest absolute Gasteiger partial charge is 0.253 e. The van der Waals surface area contributed by atoms with Gasteiger partial charge in [0.2, 0.25) is 5.91 Å². The van der Waals surface area contributed by atoms with Crippen molar-refractivity contribution < 1.29 is 9.36 Å². The third kappa shape index (κ3) is 4.90. The van der Waals surface area contributed by atoms with Gasteiger partial charge in [0.1, 0.15) is 18.9 Å². The lowest BCUT2D eigenvalue weighted by molar-refractivity contribution is -0.694. The molecule has 4 aromatic rings. The molecule has 168 valence electrons. The van der Waals surface area contributed by atoms with Gasteiger partial charge in [0, 0.05) is 6.92 Å². The number of primary amides is 1. The van der Waals surface area contributed by atoms with E-state index < -0.39 is 5.41 Å². The van der Waals surface area contributed by atoms with Crippen molar-refractivity contribution in [3.05, 3.63) is 126 Å². The summed E-state index contributed by atoms with van der Waals surface area (Å²) in [6.07, 6.45) is 6.83. The van der Waals surface area contributed by atoms with Gasteiger partial charge in [-0.15, -0.1) is 0 Å². The number of hydrogen-bond acceptors (Lipinski definition) is 1. The third-order valence-corrected chi connectivity index (χ3v) is 6.61. The van der Waals surface area contributed by atoms with Crippen molar-refractivity contribution in [2.75, 3.05) is 0 Å². The number of amides is 1. The predicted molar refractivity (Wildman–Crippen MR) is 132 cm³/mol. The Morgan fingerprint density at radius 1 is 0.848 bits per heavy atom. The Morgan fingerprint density at radius 2 is 1.39 bits per heavy atom. The number of nitrogens with zero attached hydrogens (tertiary/aromatic N) is 2. The molecule has 0 bridgehead atoms. The zero-order valence-corrected chi connectivity index (χ0v) is 19.2. The molecule has 4 rings (SSSR count). The summed E-state index contributed by atoms with van der Waals surface area (Å²) in [6.45, 7) is 3.93. The molecule has 3 aromatic carbocycles. The highest BCUT2D eigenvalue weighted by Crippen LogP contribution is 2.37. The molecule has 0 saturated carbocycles. The van der Waals surface area contributed by atoms with Crippen molar-refractivity contribution in [1.82, 2.24) is 4.57 Å². The number of aromatic nitrogens is 2. The zero-order chi connectivity index (χ0) is 23.1. The Hall–Kier alpha value is -3.66. The van der Waals surface area contributed by atoms with Gasteiger partial charge in [-0.05, 0) is 36.0 Å². The fourth-order valence-electron chi connectivity index (χ4n) is 4.71. The van der Waals surface area contributed by atoms with Crippen LogP contribution in [0, 0.1) is 6.92 Å². The van der Waals surface area contributed by atoms with E-state index >= 15 is 0 Å². The summed E-state index contributed by atoms with van der Waals surface area (Å²) in [5.41, 5.74) is 8.48. The maximum Gasteiger partial charge on any atom is 0.253 e. The molecule has 2 N–H and O–H groups in total. The molecule has 4 nitrogen and oxygen atoms in total. The van der Waals surface area contributed by atoms with Crippen LogP contribution in [0.1, 0.15) is 41.8 Å². The van der Waals surface area contributed by atoms with E-state index in [2.05, 4.69) is 52.7 Å². The molecular formula is C29H32N3O+. The number of carbonyl (C=O) groups is 1. The first kappa shape index (κ1) is 22.5. The van der Waals surface area contributed by atoms with E-state index in [0.29, 0.717) is 6.42 Å². The van der Waals surface area contributed by atoms with Gasteiger partial charge in [0.25, 0.3) is 5.82 Å². The molecule has 4 heteroatoms. The molecule has 0 radical (unpaired) electrons. The second-order valence-electron chi connectivity index (χ2n) is 8.61. The summed E-state index contributed by atoms with van der Waals surface area (Å²) >= 11 is 0. The summed E-state index contributed by atoms with van der Waals surface area (Å²) in [5, 5.41) is 0. The Balaban J connectivity index is 1.47. The predicted octanol–water partition coefficient (Wildman–Crippen LogP) is 4.77. The molecule has 0 saturated heterocycles. The molecule has 0 fully saturated rings. The highest BCUT2D eigenvalue weighted by molar-refractivity contribution is 5.90. The van der Waals surface area contributed by atoms with Gasteiger partial charge >= 0.3 is 0 Å². The van der Waals surface area contributed by atoms with E-state index in [0.717, 1.165) is 37.1 Å². The Labute approximate surface area is 196 Å². The average Bonchev–Trinajstić information content (AvgIpc) is 3.20. The molecule has 0 aliphatic heterocycles. The van der Waals surface area contributed by atoms with E-state index in [4.69, 9.17) is 5.73 Å². The summed E-state index contributed by atoms with van der Waals surface area (Å²) in [7, 11) is 0. The molecule has 1 aromatic heterocycles. The number of unbranched alkanes of at least 4 members (excludes halogenated alkanes) is 1. The highest BCUT2D eigenvalue weighted by atomic mass is 16.1. The number of benzene rings is 3. The van der Waals surface area contributed by atoms with Crippen LogP contribution in [0.25, 0.3) is 0 Å². The first-order valence-electron chi connectivity index (χ1n) is 11.6. The normalized spacial score (nSPS) is 11.4. The van der Waals surface area contributed by atoms with Crippen LogP contribution in [0.15, 0.2) is 103 Å². The summed E-state index contributed by atoms with van der Waals surface area (Å²) in [5.74, 6) is 0.934. The number of carbonyl (C=O) groups excluding carboxylic acids is 1. The van der Waals surface area contributed by atoms with Crippen LogP contribution in [-0.2, 0) is 23.3 Å². The minimum absolute atomic E-state index is 0.294. The molecule has 33 heavy (non-hydrogen) atoms. The van der Waals surface area contributed by atoms with Crippen molar-refractivity contribution in [2.45, 2.75) is 44.7 Å². The molecule has 0 atom stereocenters. The summed E-state index contributed by atoms with van der Waals surface area (Å²) < 4.78 is 4.57. The minimum Gasteiger partial charge on any atom is -0.369 e. The average molecular weight is 439 g/mol. The SMILES string of the molecule is Cc1n(CCCCC(C(N)=O)(c2ccccc2)c2ccccc2)cc[n+]1Cc1ccccc1. The quantitative estimate of drug-likeness (QED) is 0.281. The Kier molecular flexibility index (Phi) is 7.04. The van der Waals surface area contributed by atoms with Crippen LogP contribution in [0.5, 0.6) is 0 Å². The molecule has 0 spiro atoms. The number of hydrogen-bond donors (Lipinski definition) is 1. The van der Waals surface area contributed by atoms with Gasteiger partial charge in [-0.2, -0.15) is 0 Å². The minimum atomic E-state index is -0.818. The van der Waals surface area contributed by atoms with Gasteiger partial charge in [-0.3, -0.25) is 4.79 Å². The van der Waals surface area contributed by atoms with Crippen LogP contribution < -0.4 is 10.3 Å².